The summed E-state index contributed by atoms with van der Waals surface area (Å²) >= 11 is 0. The summed E-state index contributed by atoms with van der Waals surface area (Å²) in [4.78, 5) is 0. The molecule has 0 bridgehead atoms. The first-order chi connectivity index (χ1) is 4.77. The molecule has 0 radical (unpaired) electrons. The van der Waals surface area contributed by atoms with Crippen molar-refractivity contribution in [2.45, 2.75) is 52.3 Å². The summed E-state index contributed by atoms with van der Waals surface area (Å²) in [7, 11) is 0. The van der Waals surface area contributed by atoms with E-state index < -0.39 is 5.72 Å². The van der Waals surface area contributed by atoms with E-state index in [1.807, 2.05) is 20.8 Å². The van der Waals surface area contributed by atoms with E-state index in [4.69, 9.17) is 0 Å². The first-order valence-electron chi connectivity index (χ1n) is 3.93. The number of aliphatic hydroxyl groups is 1. The van der Waals surface area contributed by atoms with Crippen molar-refractivity contribution in [3.63, 3.8) is 0 Å². The molecule has 0 saturated carbocycles. The highest BCUT2D eigenvalue weighted by Crippen LogP contribution is 2.16. The second-order valence-corrected chi connectivity index (χ2v) is 3.86. The van der Waals surface area contributed by atoms with E-state index in [2.05, 4.69) is 10.2 Å². The van der Waals surface area contributed by atoms with Crippen LogP contribution in [0.25, 0.3) is 0 Å². The molecule has 0 aliphatic heterocycles. The summed E-state index contributed by atoms with van der Waals surface area (Å²) in [5, 5.41) is 17.0. The molecule has 3 heteroatoms. The molecule has 0 atom stereocenters. The van der Waals surface area contributed by atoms with Gasteiger partial charge < -0.3 is 5.11 Å². The molecule has 0 heterocycles. The fourth-order valence-electron chi connectivity index (χ4n) is 0.328. The maximum absolute atomic E-state index is 9.22. The van der Waals surface area contributed by atoms with E-state index in [0.717, 1.165) is 6.42 Å². The van der Waals surface area contributed by atoms with Gasteiger partial charge in [0, 0.05) is 0 Å². The van der Waals surface area contributed by atoms with Gasteiger partial charge in [-0.05, 0) is 34.1 Å². The number of hydrogen-bond donors (Lipinski definition) is 1. The average molecular weight is 158 g/mol. The van der Waals surface area contributed by atoms with Crippen molar-refractivity contribution >= 4 is 0 Å². The Bertz CT molecular complexity index is 145. The standard InChI is InChI=1S/C8H18N2O/c1-6-7(2,3)9-10-8(4,5)11/h11H,6H2,1-5H3/b10-9+. The van der Waals surface area contributed by atoms with Gasteiger partial charge in [-0.1, -0.05) is 6.92 Å². The minimum atomic E-state index is -1.04. The van der Waals surface area contributed by atoms with E-state index in [-0.39, 0.29) is 5.54 Å². The van der Waals surface area contributed by atoms with E-state index in [9.17, 15) is 5.11 Å². The first kappa shape index (κ1) is 10.6. The van der Waals surface area contributed by atoms with Gasteiger partial charge in [0.15, 0.2) is 5.72 Å². The van der Waals surface area contributed by atoms with Crippen molar-refractivity contribution in [3.8, 4) is 0 Å². The molecule has 0 aromatic carbocycles. The lowest BCUT2D eigenvalue weighted by Gasteiger charge is -2.17. The molecule has 11 heavy (non-hydrogen) atoms. The van der Waals surface area contributed by atoms with Crippen molar-refractivity contribution in [1.82, 2.24) is 0 Å². The van der Waals surface area contributed by atoms with Gasteiger partial charge in [0.2, 0.25) is 0 Å². The molecule has 66 valence electrons. The van der Waals surface area contributed by atoms with Crippen molar-refractivity contribution in [3.05, 3.63) is 0 Å². The fourth-order valence-corrected chi connectivity index (χ4v) is 0.328. The lowest BCUT2D eigenvalue weighted by Crippen LogP contribution is -2.19. The summed E-state index contributed by atoms with van der Waals surface area (Å²) in [6.07, 6.45) is 0.923. The zero-order chi connectivity index (χ0) is 9.12. The maximum atomic E-state index is 9.22. The van der Waals surface area contributed by atoms with E-state index in [0.29, 0.717) is 0 Å². The van der Waals surface area contributed by atoms with Crippen LogP contribution in [0.15, 0.2) is 10.2 Å². The smallest absolute Gasteiger partial charge is 0.170 e. The summed E-state index contributed by atoms with van der Waals surface area (Å²) in [5.74, 6) is 0. The zero-order valence-electron chi connectivity index (χ0n) is 8.05. The van der Waals surface area contributed by atoms with Gasteiger partial charge in [-0.2, -0.15) is 10.2 Å². The predicted molar refractivity (Wildman–Crippen MR) is 45.5 cm³/mol. The molecule has 0 aliphatic rings. The quantitative estimate of drug-likeness (QED) is 0.629. The highest BCUT2D eigenvalue weighted by Gasteiger charge is 2.16. The van der Waals surface area contributed by atoms with E-state index >= 15 is 0 Å². The van der Waals surface area contributed by atoms with Gasteiger partial charge in [0.1, 0.15) is 0 Å². The highest BCUT2D eigenvalue weighted by atomic mass is 16.3. The predicted octanol–water partition coefficient (Wildman–Crippen LogP) is 2.36. The Kier molecular flexibility index (Phi) is 3.17. The SMILES string of the molecule is CCC(C)(C)/N=N/C(C)(C)O. The molecule has 0 saturated heterocycles. The van der Waals surface area contributed by atoms with Crippen LogP contribution in [-0.2, 0) is 0 Å². The van der Waals surface area contributed by atoms with Crippen LogP contribution >= 0.6 is 0 Å². The van der Waals surface area contributed by atoms with Crippen LogP contribution in [0.4, 0.5) is 0 Å². The molecule has 0 unspecified atom stereocenters. The summed E-state index contributed by atoms with van der Waals surface area (Å²) < 4.78 is 0. The van der Waals surface area contributed by atoms with Crippen LogP contribution in [0.1, 0.15) is 41.0 Å². The molecule has 0 amide bonds. The maximum Gasteiger partial charge on any atom is 0.170 e. The third kappa shape index (κ3) is 5.98. The molecule has 0 aromatic rings. The zero-order valence-corrected chi connectivity index (χ0v) is 8.05. The number of hydrogen-bond acceptors (Lipinski definition) is 3. The number of rotatable bonds is 3. The lowest BCUT2D eigenvalue weighted by molar-refractivity contribution is 0.0782. The summed E-state index contributed by atoms with van der Waals surface area (Å²) in [6.45, 7) is 9.25. The van der Waals surface area contributed by atoms with Gasteiger partial charge in [-0.3, -0.25) is 0 Å². The highest BCUT2D eigenvalue weighted by molar-refractivity contribution is 4.74. The Labute approximate surface area is 68.5 Å². The molecule has 1 N–H and O–H groups in total. The van der Waals surface area contributed by atoms with Crippen LogP contribution in [-0.4, -0.2) is 16.4 Å². The monoisotopic (exact) mass is 158 g/mol. The van der Waals surface area contributed by atoms with Gasteiger partial charge >= 0.3 is 0 Å². The second kappa shape index (κ2) is 3.30. The third-order valence-corrected chi connectivity index (χ3v) is 1.43. The topological polar surface area (TPSA) is 45.0 Å². The molecule has 0 aliphatic carbocycles. The molecule has 0 aromatic heterocycles. The van der Waals surface area contributed by atoms with E-state index in [1.54, 1.807) is 13.8 Å². The Morgan fingerprint density at radius 3 is 1.82 bits per heavy atom. The van der Waals surface area contributed by atoms with Gasteiger partial charge in [0.25, 0.3) is 0 Å². The summed E-state index contributed by atoms with van der Waals surface area (Å²) in [6, 6.07) is 0. The number of azo groups is 1. The van der Waals surface area contributed by atoms with Gasteiger partial charge in [0.05, 0.1) is 5.54 Å². The van der Waals surface area contributed by atoms with E-state index in [1.165, 1.54) is 0 Å². The molecule has 0 rings (SSSR count). The first-order valence-corrected chi connectivity index (χ1v) is 3.93. The van der Waals surface area contributed by atoms with Crippen molar-refractivity contribution in [2.75, 3.05) is 0 Å². The Balaban J connectivity index is 4.13. The largest absolute Gasteiger partial charge is 0.368 e. The van der Waals surface area contributed by atoms with Gasteiger partial charge in [-0.25, -0.2) is 0 Å². The normalized spacial score (nSPS) is 14.4. The van der Waals surface area contributed by atoms with Crippen LogP contribution in [0.2, 0.25) is 0 Å². The Hall–Kier alpha value is -0.440. The second-order valence-electron chi connectivity index (χ2n) is 3.86. The van der Waals surface area contributed by atoms with Crippen LogP contribution in [0.3, 0.4) is 0 Å². The number of nitrogens with zero attached hydrogens (tertiary/aromatic N) is 2. The minimum absolute atomic E-state index is 0.153. The molecular formula is C8H18N2O. The van der Waals surface area contributed by atoms with Crippen molar-refractivity contribution in [1.29, 1.82) is 0 Å². The Morgan fingerprint density at radius 1 is 1.09 bits per heavy atom. The molecular weight excluding hydrogens is 140 g/mol. The molecule has 3 nitrogen and oxygen atoms in total. The van der Waals surface area contributed by atoms with Crippen molar-refractivity contribution in [2.24, 2.45) is 10.2 Å². The van der Waals surface area contributed by atoms with Crippen molar-refractivity contribution < 1.29 is 5.11 Å². The lowest BCUT2D eigenvalue weighted by atomic mass is 10.0. The minimum Gasteiger partial charge on any atom is -0.368 e. The summed E-state index contributed by atoms with van der Waals surface area (Å²) in [5.41, 5.74) is -1.19. The van der Waals surface area contributed by atoms with Crippen LogP contribution in [0, 0.1) is 0 Å². The average Bonchev–Trinajstić information content (AvgIpc) is 1.83. The Morgan fingerprint density at radius 2 is 1.55 bits per heavy atom. The molecule has 0 spiro atoms. The third-order valence-electron chi connectivity index (χ3n) is 1.43. The van der Waals surface area contributed by atoms with Gasteiger partial charge in [-0.15, -0.1) is 0 Å². The fraction of sp³-hybridized carbons (Fsp3) is 1.00. The van der Waals surface area contributed by atoms with Crippen LogP contribution in [0.5, 0.6) is 0 Å². The van der Waals surface area contributed by atoms with Crippen LogP contribution < -0.4 is 0 Å². The molecule has 0 fully saturated rings.